The Kier molecular flexibility index (Phi) is 10.3. The van der Waals surface area contributed by atoms with Crippen molar-refractivity contribution in [1.82, 2.24) is 0 Å². The van der Waals surface area contributed by atoms with Gasteiger partial charge in [-0.25, -0.2) is 4.58 Å². The van der Waals surface area contributed by atoms with Crippen molar-refractivity contribution >= 4 is 5.71 Å². The zero-order valence-corrected chi connectivity index (χ0v) is 21.4. The van der Waals surface area contributed by atoms with Crippen LogP contribution >= 0.6 is 0 Å². The predicted octanol–water partition coefficient (Wildman–Crippen LogP) is 7.49. The molecule has 1 heterocycles. The maximum absolute atomic E-state index is 5.66. The van der Waals surface area contributed by atoms with E-state index in [1.165, 1.54) is 85.8 Å². The fourth-order valence-corrected chi connectivity index (χ4v) is 4.94. The third-order valence-corrected chi connectivity index (χ3v) is 6.96. The molecule has 0 bridgehead atoms. The summed E-state index contributed by atoms with van der Waals surface area (Å²) in [6.07, 6.45) is 14.4. The number of rotatable bonds is 14. The number of methoxy groups -OCH3 is 2. The van der Waals surface area contributed by atoms with E-state index in [0.717, 1.165) is 37.4 Å². The Morgan fingerprint density at radius 3 is 2.03 bits per heavy atom. The molecule has 0 saturated heterocycles. The molecule has 0 fully saturated rings. The highest BCUT2D eigenvalue weighted by Crippen LogP contribution is 2.33. The molecule has 3 heteroatoms. The normalized spacial score (nSPS) is 13.2. The number of nitrogens with zero attached hydrogens (tertiary/aromatic N) is 1. The average Bonchev–Trinajstić information content (AvgIpc) is 2.84. The zero-order chi connectivity index (χ0) is 23.5. The van der Waals surface area contributed by atoms with E-state index in [1.807, 2.05) is 0 Å². The van der Waals surface area contributed by atoms with Gasteiger partial charge in [-0.1, -0.05) is 88.1 Å². The van der Waals surface area contributed by atoms with Gasteiger partial charge in [0.15, 0.2) is 23.8 Å². The van der Waals surface area contributed by atoms with Crippen LogP contribution in [0.25, 0.3) is 0 Å². The van der Waals surface area contributed by atoms with Gasteiger partial charge in [-0.2, -0.15) is 0 Å². The van der Waals surface area contributed by atoms with Gasteiger partial charge in [-0.3, -0.25) is 0 Å². The molecule has 2 aromatic rings. The van der Waals surface area contributed by atoms with Gasteiger partial charge in [0.1, 0.15) is 6.54 Å². The van der Waals surface area contributed by atoms with E-state index < -0.39 is 0 Å². The maximum atomic E-state index is 5.66. The second-order valence-corrected chi connectivity index (χ2v) is 9.55. The summed E-state index contributed by atoms with van der Waals surface area (Å²) in [5.41, 5.74) is 6.91. The van der Waals surface area contributed by atoms with Crippen molar-refractivity contribution in [2.45, 2.75) is 91.0 Å². The van der Waals surface area contributed by atoms with Crippen molar-refractivity contribution in [1.29, 1.82) is 0 Å². The number of hydrogen-bond donors (Lipinski definition) is 0. The molecule has 1 aliphatic heterocycles. The van der Waals surface area contributed by atoms with Gasteiger partial charge in [-0.05, 0) is 31.0 Å². The van der Waals surface area contributed by atoms with Crippen LogP contribution in [0.4, 0.5) is 0 Å². The quantitative estimate of drug-likeness (QED) is 0.220. The van der Waals surface area contributed by atoms with E-state index in [4.69, 9.17) is 9.47 Å². The highest BCUT2D eigenvalue weighted by Gasteiger charge is 2.27. The second kappa shape index (κ2) is 13.4. The maximum Gasteiger partial charge on any atom is 0.184 e. The lowest BCUT2D eigenvalue weighted by Gasteiger charge is -2.21. The lowest BCUT2D eigenvalue weighted by molar-refractivity contribution is -0.545. The molecule has 0 radical (unpaired) electrons. The van der Waals surface area contributed by atoms with Gasteiger partial charge in [0, 0.05) is 24.0 Å². The van der Waals surface area contributed by atoms with E-state index in [1.54, 1.807) is 14.2 Å². The minimum absolute atomic E-state index is 0.831. The second-order valence-electron chi connectivity index (χ2n) is 9.55. The first-order chi connectivity index (χ1) is 16.2. The molecule has 0 aliphatic carbocycles. The largest absolute Gasteiger partial charge is 0.493 e. The Morgan fingerprint density at radius 2 is 1.39 bits per heavy atom. The molecular weight excluding hydrogens is 406 g/mol. The minimum atomic E-state index is 0.831. The number of ether oxygens (including phenoxy) is 2. The molecule has 3 nitrogen and oxygen atoms in total. The molecule has 0 spiro atoms. The first kappa shape index (κ1) is 25.3. The van der Waals surface area contributed by atoms with Crippen molar-refractivity contribution in [3.8, 4) is 11.5 Å². The Morgan fingerprint density at radius 1 is 0.788 bits per heavy atom. The SMILES string of the molecule is CCCCCCCCCCCC1=[N+](Cc2ccc(C)cc2)CCc2cc(OC)c(OC)cc21. The topological polar surface area (TPSA) is 21.5 Å². The first-order valence-electron chi connectivity index (χ1n) is 13.1. The standard InChI is InChI=1S/C30H44NO2/c1-5-6-7-8-9-10-11-12-13-14-28-27-22-30(33-4)29(32-3)21-26(27)19-20-31(28)23-25-17-15-24(2)16-18-25/h15-18,21-22H,5-14,19-20,23H2,1-4H3/q+1. The highest BCUT2D eigenvalue weighted by atomic mass is 16.5. The molecule has 3 rings (SSSR count). The Balaban J connectivity index is 1.72. The lowest BCUT2D eigenvalue weighted by atomic mass is 9.92. The highest BCUT2D eigenvalue weighted by molar-refractivity contribution is 5.99. The van der Waals surface area contributed by atoms with Gasteiger partial charge in [-0.15, -0.1) is 0 Å². The van der Waals surface area contributed by atoms with Gasteiger partial charge in [0.2, 0.25) is 0 Å². The van der Waals surface area contributed by atoms with Crippen LogP contribution < -0.4 is 9.47 Å². The van der Waals surface area contributed by atoms with Crippen LogP contribution in [0.2, 0.25) is 0 Å². The fraction of sp³-hybridized carbons (Fsp3) is 0.567. The van der Waals surface area contributed by atoms with Crippen LogP contribution in [0, 0.1) is 6.92 Å². The molecule has 2 aromatic carbocycles. The number of fused-ring (bicyclic) bond motifs is 1. The van der Waals surface area contributed by atoms with Crippen molar-refractivity contribution in [3.05, 3.63) is 58.7 Å². The molecule has 33 heavy (non-hydrogen) atoms. The van der Waals surface area contributed by atoms with Gasteiger partial charge in [0.05, 0.1) is 14.2 Å². The smallest absolute Gasteiger partial charge is 0.184 e. The third-order valence-electron chi connectivity index (χ3n) is 6.96. The van der Waals surface area contributed by atoms with E-state index in [0.29, 0.717) is 0 Å². The molecule has 0 amide bonds. The number of benzene rings is 2. The van der Waals surface area contributed by atoms with Crippen LogP contribution in [-0.4, -0.2) is 31.1 Å². The summed E-state index contributed by atoms with van der Waals surface area (Å²) in [6.45, 7) is 6.47. The predicted molar refractivity (Wildman–Crippen MR) is 139 cm³/mol. The fourth-order valence-electron chi connectivity index (χ4n) is 4.94. The summed E-state index contributed by atoms with van der Waals surface area (Å²) in [6, 6.07) is 13.4. The lowest BCUT2D eigenvalue weighted by Crippen LogP contribution is -2.30. The van der Waals surface area contributed by atoms with Crippen LogP contribution in [0.1, 0.15) is 93.4 Å². The zero-order valence-electron chi connectivity index (χ0n) is 21.4. The molecule has 0 N–H and O–H groups in total. The molecule has 180 valence electrons. The summed E-state index contributed by atoms with van der Waals surface area (Å²) in [4.78, 5) is 0. The van der Waals surface area contributed by atoms with Gasteiger partial charge in [0.25, 0.3) is 0 Å². The number of unbranched alkanes of at least 4 members (excludes halogenated alkanes) is 8. The minimum Gasteiger partial charge on any atom is -0.493 e. The van der Waals surface area contributed by atoms with Gasteiger partial charge >= 0.3 is 0 Å². The third kappa shape index (κ3) is 7.35. The van der Waals surface area contributed by atoms with Crippen molar-refractivity contribution in [3.63, 3.8) is 0 Å². The summed E-state index contributed by atoms with van der Waals surface area (Å²) in [5.74, 6) is 1.67. The molecule has 0 atom stereocenters. The molecule has 0 saturated carbocycles. The summed E-state index contributed by atoms with van der Waals surface area (Å²) in [7, 11) is 3.46. The summed E-state index contributed by atoms with van der Waals surface area (Å²) >= 11 is 0. The summed E-state index contributed by atoms with van der Waals surface area (Å²) in [5, 5.41) is 0. The van der Waals surface area contributed by atoms with E-state index in [9.17, 15) is 0 Å². The monoisotopic (exact) mass is 450 g/mol. The van der Waals surface area contributed by atoms with Crippen LogP contribution in [0.5, 0.6) is 11.5 Å². The Labute approximate surface area is 201 Å². The molecule has 1 aliphatic rings. The van der Waals surface area contributed by atoms with Gasteiger partial charge < -0.3 is 9.47 Å². The number of aryl methyl sites for hydroxylation is 1. The van der Waals surface area contributed by atoms with Crippen LogP contribution in [0.15, 0.2) is 36.4 Å². The average molecular weight is 451 g/mol. The number of hydrogen-bond acceptors (Lipinski definition) is 2. The van der Waals surface area contributed by atoms with Crippen molar-refractivity contribution in [2.24, 2.45) is 0 Å². The van der Waals surface area contributed by atoms with E-state index >= 15 is 0 Å². The molecule has 0 aromatic heterocycles. The first-order valence-corrected chi connectivity index (χ1v) is 13.1. The summed E-state index contributed by atoms with van der Waals surface area (Å²) < 4.78 is 13.8. The van der Waals surface area contributed by atoms with Crippen molar-refractivity contribution < 1.29 is 14.0 Å². The molecular formula is C30H44NO2+. The van der Waals surface area contributed by atoms with E-state index in [-0.39, 0.29) is 0 Å². The van der Waals surface area contributed by atoms with Crippen molar-refractivity contribution in [2.75, 3.05) is 20.8 Å². The Bertz CT molecular complexity index is 898. The Hall–Kier alpha value is -2.29. The molecule has 0 unspecified atom stereocenters. The van der Waals surface area contributed by atoms with Crippen LogP contribution in [-0.2, 0) is 13.0 Å². The van der Waals surface area contributed by atoms with E-state index in [2.05, 4.69) is 54.8 Å². The van der Waals surface area contributed by atoms with Crippen LogP contribution in [0.3, 0.4) is 0 Å².